The summed E-state index contributed by atoms with van der Waals surface area (Å²) >= 11 is 1.78. The quantitative estimate of drug-likeness (QED) is 0.0163. The first kappa shape index (κ1) is 64.1. The number of ether oxygens (including phenoxy) is 1. The number of aromatic hydroxyl groups is 1. The van der Waals surface area contributed by atoms with Crippen LogP contribution in [-0.4, -0.2) is 126 Å². The fourth-order valence-electron chi connectivity index (χ4n) is 7.94. The number of pyridine rings is 1. The van der Waals surface area contributed by atoms with Crippen LogP contribution < -0.4 is 4.74 Å². The summed E-state index contributed by atoms with van der Waals surface area (Å²) in [6, 6.07) is 14.3. The maximum Gasteiger partial charge on any atom is 0.425 e. The van der Waals surface area contributed by atoms with Gasteiger partial charge in [-0.1, -0.05) is 17.4 Å². The summed E-state index contributed by atoms with van der Waals surface area (Å²) in [5.74, 6) is -1.97. The molecule has 3 heterocycles. The normalized spacial score (nSPS) is 12.8. The van der Waals surface area contributed by atoms with Crippen LogP contribution in [0.1, 0.15) is 40.7 Å². The van der Waals surface area contributed by atoms with Crippen LogP contribution in [0.2, 0.25) is 0 Å². The van der Waals surface area contributed by atoms with Gasteiger partial charge in [-0.15, -0.1) is 50.0 Å². The van der Waals surface area contributed by atoms with Crippen LogP contribution in [0.4, 0.5) is 33.6 Å². The van der Waals surface area contributed by atoms with Crippen molar-refractivity contribution >= 4 is 156 Å². The highest BCUT2D eigenvalue weighted by molar-refractivity contribution is 7.99. The Kier molecular flexibility index (Phi) is 19.1. The number of aliphatic hydroxyl groups is 1. The van der Waals surface area contributed by atoms with Gasteiger partial charge in [0.15, 0.2) is 11.3 Å². The van der Waals surface area contributed by atoms with Crippen LogP contribution in [0, 0.1) is 32.1 Å². The van der Waals surface area contributed by atoms with Gasteiger partial charge in [0.1, 0.15) is 33.5 Å². The first-order valence-electron chi connectivity index (χ1n) is 23.1. The fourth-order valence-corrected chi connectivity index (χ4v) is 13.0. The van der Waals surface area contributed by atoms with Gasteiger partial charge in [0, 0.05) is 27.5 Å². The molecule has 0 saturated heterocycles. The molecule has 8 aromatic rings. The number of rotatable bonds is 20. The zero-order chi connectivity index (χ0) is 62.0. The Morgan fingerprint density at radius 3 is 1.95 bits per heavy atom. The first-order valence-corrected chi connectivity index (χ1v) is 33.4. The minimum Gasteiger partial charge on any atom is -0.493 e. The number of aryl methyl sites for hydroxylation is 2. The SMILES string of the molecule is Cc1cc(N=Nc2c(C)c(C#N)c3nc4cc(C)c(S(=O)(=O)O)cc4n3c2O)c(OCCCS(=O)(=O)O)cc1N=Nc1cc(CO)c(N=Nc2nc3c(S(=O)(=O)O)cc4ccc(S(=O)(=O)O)cc4c3s2)cc1SCCCS(=O)(=O)O.O=S(=O)=O. The van der Waals surface area contributed by atoms with Crippen molar-refractivity contribution in [3.05, 3.63) is 88.5 Å². The highest BCUT2D eigenvalue weighted by Gasteiger charge is 2.26. The van der Waals surface area contributed by atoms with E-state index in [-0.39, 0.29) is 129 Å². The zero-order valence-electron chi connectivity index (χ0n) is 42.8. The lowest BCUT2D eigenvalue weighted by molar-refractivity contribution is 0.282. The molecule has 0 aliphatic rings. The Bertz CT molecular complexity index is 4890. The smallest absolute Gasteiger partial charge is 0.425 e. The number of imidazole rings is 1. The molecule has 0 spiro atoms. The van der Waals surface area contributed by atoms with Gasteiger partial charge in [-0.3, -0.25) is 27.2 Å². The average Bonchev–Trinajstić information content (AvgIpc) is 1.78. The molecule has 0 amide bonds. The molecule has 0 atom stereocenters. The number of aliphatic hydroxyl groups excluding tert-OH is 1. The predicted octanol–water partition coefficient (Wildman–Crippen LogP) is 8.25. The summed E-state index contributed by atoms with van der Waals surface area (Å²) in [6.45, 7) is 3.43. The van der Waals surface area contributed by atoms with Crippen LogP contribution in [0.5, 0.6) is 11.6 Å². The fraction of sp³-hybridized carbons (Fsp3) is 0.222. The van der Waals surface area contributed by atoms with Crippen LogP contribution in [0.3, 0.4) is 0 Å². The third-order valence-electron chi connectivity index (χ3n) is 11.7. The van der Waals surface area contributed by atoms with E-state index in [4.69, 9.17) is 17.4 Å². The van der Waals surface area contributed by atoms with E-state index in [0.717, 1.165) is 51.8 Å². The van der Waals surface area contributed by atoms with E-state index < -0.39 is 99.9 Å². The minimum absolute atomic E-state index is 0.00975. The minimum atomic E-state index is -4.92. The van der Waals surface area contributed by atoms with Gasteiger partial charge < -0.3 is 14.9 Å². The molecule has 8 rings (SSSR count). The van der Waals surface area contributed by atoms with E-state index in [1.807, 2.05) is 6.07 Å². The monoisotopic (exact) mass is 1310 g/mol. The largest absolute Gasteiger partial charge is 0.493 e. The summed E-state index contributed by atoms with van der Waals surface area (Å²) in [5, 5.41) is 58.2. The molecule has 0 bridgehead atoms. The third kappa shape index (κ3) is 15.3. The zero-order valence-corrected chi connectivity index (χ0v) is 49.3. The summed E-state index contributed by atoms with van der Waals surface area (Å²) < 4.78 is 200. The first-order chi connectivity index (χ1) is 39.1. The number of nitrogens with zero attached hydrogens (tertiary/aromatic N) is 10. The standard InChI is InChI=1S/C45H40N10O18S7.O3S/c1-22-12-33(51-53-40-24(3)29(20-46)43-47-32-13-23(2)38(79(67,68)69)19-35(32)55(43)44(40)57)36(73-8-4-10-76(58,59)60)17-30(22)49-52-34-14-26(21-56)31(18-37(34)74-9-5-11-77(61,62)63)50-54-45-48-41-39(80(70,71)72)15-25-6-7-27(78(64,65)66)16-28(25)42(41)75-45;1-4(2)3/h6-7,12-19,56-57H,4-5,8-11,21H2,1-3H3,(H,58,59,60)(H,61,62,63)(H,64,65,66)(H,67,68,69)(H,70,71,72);. The van der Waals surface area contributed by atoms with E-state index >= 15 is 0 Å². The molecule has 0 radical (unpaired) electrons. The van der Waals surface area contributed by atoms with Gasteiger partial charge >= 0.3 is 10.6 Å². The van der Waals surface area contributed by atoms with Crippen LogP contribution in [0.15, 0.2) is 111 Å². The predicted molar refractivity (Wildman–Crippen MR) is 299 cm³/mol. The topological polar surface area (TPSA) is 501 Å². The maximum absolute atomic E-state index is 12.5. The molecule has 31 nitrogen and oxygen atoms in total. The third-order valence-corrected chi connectivity index (χ3v) is 18.1. The molecule has 0 aliphatic carbocycles. The number of nitriles is 1. The average molecular weight is 1310 g/mol. The van der Waals surface area contributed by atoms with Gasteiger partial charge in [0.05, 0.1) is 67.3 Å². The van der Waals surface area contributed by atoms with E-state index in [9.17, 15) is 80.3 Å². The van der Waals surface area contributed by atoms with Gasteiger partial charge in [0.2, 0.25) is 11.0 Å². The second-order valence-electron chi connectivity index (χ2n) is 17.5. The van der Waals surface area contributed by atoms with Crippen LogP contribution in [0.25, 0.3) is 37.7 Å². The Balaban J connectivity index is 0.00000245. The van der Waals surface area contributed by atoms with Gasteiger partial charge in [-0.25, -0.2) is 9.97 Å². The van der Waals surface area contributed by atoms with Crippen molar-refractivity contribution < 1.29 is 92.4 Å². The number of hydrogen-bond donors (Lipinski definition) is 7. The van der Waals surface area contributed by atoms with E-state index in [1.54, 1.807) is 6.92 Å². The number of hydrogen-bond acceptors (Lipinski definition) is 27. The molecule has 0 aliphatic heterocycles. The van der Waals surface area contributed by atoms with Gasteiger partial charge in [-0.2, -0.15) is 52.5 Å². The Hall–Kier alpha value is -7.43. The molecule has 444 valence electrons. The second kappa shape index (κ2) is 25.0. The number of thiazole rings is 1. The van der Waals surface area contributed by atoms with Crippen molar-refractivity contribution in [1.29, 1.82) is 5.26 Å². The molecule has 5 aromatic carbocycles. The summed E-state index contributed by atoms with van der Waals surface area (Å²) in [5.41, 5.74) is 0.196. The summed E-state index contributed by atoms with van der Waals surface area (Å²) in [4.78, 5) is 7.26. The van der Waals surface area contributed by atoms with Crippen molar-refractivity contribution in [1.82, 2.24) is 14.4 Å². The van der Waals surface area contributed by atoms with Crippen molar-refractivity contribution in [2.24, 2.45) is 30.7 Å². The van der Waals surface area contributed by atoms with Crippen molar-refractivity contribution in [2.45, 2.75) is 59.8 Å². The van der Waals surface area contributed by atoms with E-state index in [0.29, 0.717) is 5.56 Å². The van der Waals surface area contributed by atoms with Crippen molar-refractivity contribution in [2.75, 3.05) is 23.9 Å². The maximum atomic E-state index is 12.5. The van der Waals surface area contributed by atoms with E-state index in [2.05, 4.69) is 40.7 Å². The van der Waals surface area contributed by atoms with Gasteiger partial charge in [0.25, 0.3) is 50.6 Å². The van der Waals surface area contributed by atoms with Crippen molar-refractivity contribution in [3.63, 3.8) is 0 Å². The number of aromatic nitrogens is 3. The lowest BCUT2D eigenvalue weighted by Gasteiger charge is -2.12. The van der Waals surface area contributed by atoms with Crippen LogP contribution in [-0.2, 0) is 67.8 Å². The number of benzene rings is 5. The molecular formula is C45H40N10O21S8. The molecule has 0 unspecified atom stereocenters. The lowest BCUT2D eigenvalue weighted by Crippen LogP contribution is -2.08. The van der Waals surface area contributed by atoms with Gasteiger partial charge in [-0.05, 0) is 104 Å². The molecular weight excluding hydrogens is 1270 g/mol. The highest BCUT2D eigenvalue weighted by Crippen LogP contribution is 2.44. The van der Waals surface area contributed by atoms with E-state index in [1.165, 1.54) is 50.2 Å². The number of azo groups is 3. The highest BCUT2D eigenvalue weighted by atomic mass is 32.2. The molecule has 7 N–H and O–H groups in total. The molecule has 84 heavy (non-hydrogen) atoms. The Morgan fingerprint density at radius 1 is 0.702 bits per heavy atom. The Morgan fingerprint density at radius 2 is 1.33 bits per heavy atom. The molecule has 3 aromatic heterocycles. The Labute approximate surface area is 485 Å². The van der Waals surface area contributed by atoms with Crippen molar-refractivity contribution in [3.8, 4) is 17.7 Å². The second-order valence-corrected chi connectivity index (χ2v) is 27.4. The summed E-state index contributed by atoms with van der Waals surface area (Å²) in [7, 11) is -26.3. The number of fused-ring (bicyclic) bond motifs is 6. The lowest BCUT2D eigenvalue weighted by atomic mass is 10.1. The summed E-state index contributed by atoms with van der Waals surface area (Å²) in [6.07, 6.45) is -0.274. The number of thioether (sulfide) groups is 1. The molecule has 39 heteroatoms. The molecule has 0 fully saturated rings. The molecule has 0 saturated carbocycles. The van der Waals surface area contributed by atoms with Crippen LogP contribution >= 0.6 is 23.1 Å².